The van der Waals surface area contributed by atoms with Crippen LogP contribution in [0.4, 0.5) is 0 Å². The number of carbonyl (C=O) groups excluding carboxylic acids is 1. The molecule has 1 aromatic heterocycles. The summed E-state index contributed by atoms with van der Waals surface area (Å²) in [7, 11) is 0. The van der Waals surface area contributed by atoms with Crippen molar-refractivity contribution in [1.82, 2.24) is 14.9 Å². The van der Waals surface area contributed by atoms with E-state index < -0.39 is 17.4 Å². The fourth-order valence-corrected chi connectivity index (χ4v) is 2.94. The SMILES string of the molecule is CC(C)(CCC(=O)O)NC(=O)c1cnc2n(c1=O)CCS2. The highest BCUT2D eigenvalue weighted by molar-refractivity contribution is 7.99. The van der Waals surface area contributed by atoms with E-state index in [1.54, 1.807) is 13.8 Å². The summed E-state index contributed by atoms with van der Waals surface area (Å²) in [6.45, 7) is 4.00. The lowest BCUT2D eigenvalue weighted by molar-refractivity contribution is -0.137. The number of nitrogens with zero attached hydrogens (tertiary/aromatic N) is 2. The number of carboxylic acids is 1. The zero-order chi connectivity index (χ0) is 15.6. The number of rotatable bonds is 5. The van der Waals surface area contributed by atoms with Crippen molar-refractivity contribution >= 4 is 23.6 Å². The number of carboxylic acid groups (broad SMARTS) is 1. The molecule has 21 heavy (non-hydrogen) atoms. The molecule has 0 aliphatic carbocycles. The minimum absolute atomic E-state index is 0.00958. The van der Waals surface area contributed by atoms with E-state index in [0.717, 1.165) is 5.75 Å². The number of carbonyl (C=O) groups is 2. The lowest BCUT2D eigenvalue weighted by Gasteiger charge is -2.25. The summed E-state index contributed by atoms with van der Waals surface area (Å²) in [5, 5.41) is 12.0. The van der Waals surface area contributed by atoms with Crippen molar-refractivity contribution in [2.45, 2.75) is 43.9 Å². The Morgan fingerprint density at radius 2 is 2.24 bits per heavy atom. The number of aliphatic carboxylic acids is 1. The van der Waals surface area contributed by atoms with Gasteiger partial charge in [0.1, 0.15) is 5.56 Å². The van der Waals surface area contributed by atoms with Gasteiger partial charge in [0, 0.05) is 30.5 Å². The van der Waals surface area contributed by atoms with Gasteiger partial charge in [-0.15, -0.1) is 0 Å². The van der Waals surface area contributed by atoms with Crippen molar-refractivity contribution in [3.63, 3.8) is 0 Å². The molecule has 0 saturated carbocycles. The number of hydrogen-bond acceptors (Lipinski definition) is 5. The van der Waals surface area contributed by atoms with Crippen LogP contribution in [0.5, 0.6) is 0 Å². The van der Waals surface area contributed by atoms with Crippen molar-refractivity contribution in [2.24, 2.45) is 0 Å². The first-order valence-corrected chi connectivity index (χ1v) is 7.56. The van der Waals surface area contributed by atoms with Gasteiger partial charge in [0.15, 0.2) is 5.16 Å². The predicted molar refractivity (Wildman–Crippen MR) is 77.6 cm³/mol. The molecular formula is C13H17N3O4S. The molecule has 7 nitrogen and oxygen atoms in total. The van der Waals surface area contributed by atoms with Gasteiger partial charge in [-0.05, 0) is 20.3 Å². The average Bonchev–Trinajstić information content (AvgIpc) is 2.85. The molecule has 0 saturated heterocycles. The topological polar surface area (TPSA) is 101 Å². The number of aromatic nitrogens is 2. The second-order valence-electron chi connectivity index (χ2n) is 5.49. The highest BCUT2D eigenvalue weighted by Crippen LogP contribution is 2.20. The van der Waals surface area contributed by atoms with Gasteiger partial charge in [0.05, 0.1) is 0 Å². The predicted octanol–water partition coefficient (Wildman–Crippen LogP) is 0.722. The summed E-state index contributed by atoms with van der Waals surface area (Å²) in [4.78, 5) is 39.1. The van der Waals surface area contributed by atoms with Crippen LogP contribution in [-0.2, 0) is 11.3 Å². The lowest BCUT2D eigenvalue weighted by atomic mass is 9.98. The van der Waals surface area contributed by atoms with Crippen molar-refractivity contribution in [3.8, 4) is 0 Å². The molecule has 0 aromatic carbocycles. The third-order valence-corrected chi connectivity index (χ3v) is 4.19. The van der Waals surface area contributed by atoms with E-state index in [4.69, 9.17) is 5.11 Å². The molecule has 0 bridgehead atoms. The van der Waals surface area contributed by atoms with Crippen molar-refractivity contribution < 1.29 is 14.7 Å². The van der Waals surface area contributed by atoms with Crippen LogP contribution in [0.15, 0.2) is 16.1 Å². The summed E-state index contributed by atoms with van der Waals surface area (Å²) >= 11 is 1.48. The summed E-state index contributed by atoms with van der Waals surface area (Å²) in [5.74, 6) is -0.666. The van der Waals surface area contributed by atoms with Crippen LogP contribution < -0.4 is 10.9 Å². The van der Waals surface area contributed by atoms with Gasteiger partial charge in [0.2, 0.25) is 0 Å². The Bertz CT molecular complexity index is 639. The molecule has 1 aliphatic rings. The zero-order valence-electron chi connectivity index (χ0n) is 11.9. The van der Waals surface area contributed by atoms with Crippen LogP contribution in [0.1, 0.15) is 37.0 Å². The first-order valence-electron chi connectivity index (χ1n) is 6.57. The number of thioether (sulfide) groups is 1. The third-order valence-electron chi connectivity index (χ3n) is 3.22. The van der Waals surface area contributed by atoms with Gasteiger partial charge >= 0.3 is 5.97 Å². The highest BCUT2D eigenvalue weighted by atomic mass is 32.2. The highest BCUT2D eigenvalue weighted by Gasteiger charge is 2.25. The molecule has 0 unspecified atom stereocenters. The molecule has 2 N–H and O–H groups in total. The second-order valence-corrected chi connectivity index (χ2v) is 6.55. The summed E-state index contributed by atoms with van der Waals surface area (Å²) in [6, 6.07) is 0. The lowest BCUT2D eigenvalue weighted by Crippen LogP contribution is -2.45. The van der Waals surface area contributed by atoms with Crippen molar-refractivity contribution in [2.75, 3.05) is 5.75 Å². The van der Waals surface area contributed by atoms with Gasteiger partial charge < -0.3 is 10.4 Å². The van der Waals surface area contributed by atoms with Crippen molar-refractivity contribution in [1.29, 1.82) is 0 Å². The average molecular weight is 311 g/mol. The Morgan fingerprint density at radius 3 is 2.90 bits per heavy atom. The van der Waals surface area contributed by atoms with Crippen molar-refractivity contribution in [3.05, 3.63) is 22.1 Å². The maximum absolute atomic E-state index is 12.2. The molecule has 1 aromatic rings. The molecular weight excluding hydrogens is 294 g/mol. The molecule has 8 heteroatoms. The van der Waals surface area contributed by atoms with Gasteiger partial charge in [0.25, 0.3) is 11.5 Å². The van der Waals surface area contributed by atoms with E-state index in [1.807, 2.05) is 0 Å². The smallest absolute Gasteiger partial charge is 0.303 e. The maximum Gasteiger partial charge on any atom is 0.303 e. The number of hydrogen-bond donors (Lipinski definition) is 2. The monoisotopic (exact) mass is 311 g/mol. The number of amides is 1. The normalized spacial score (nSPS) is 13.8. The largest absolute Gasteiger partial charge is 0.481 e. The van der Waals surface area contributed by atoms with Gasteiger partial charge in [-0.3, -0.25) is 19.0 Å². The second kappa shape index (κ2) is 5.88. The first kappa shape index (κ1) is 15.6. The Balaban J connectivity index is 2.14. The molecule has 0 radical (unpaired) electrons. The van der Waals surface area contributed by atoms with Crippen LogP contribution in [0.3, 0.4) is 0 Å². The molecule has 2 rings (SSSR count). The van der Waals surface area contributed by atoms with Crippen LogP contribution in [0.25, 0.3) is 0 Å². The van der Waals surface area contributed by atoms with E-state index in [9.17, 15) is 14.4 Å². The summed E-state index contributed by atoms with van der Waals surface area (Å²) in [6.07, 6.45) is 1.52. The van der Waals surface area contributed by atoms with Gasteiger partial charge in [-0.2, -0.15) is 0 Å². The molecule has 2 heterocycles. The molecule has 0 atom stereocenters. The molecule has 0 spiro atoms. The first-order chi connectivity index (χ1) is 9.80. The quantitative estimate of drug-likeness (QED) is 0.777. The number of fused-ring (bicyclic) bond motifs is 1. The maximum atomic E-state index is 12.2. The molecule has 1 amide bonds. The Kier molecular flexibility index (Phi) is 4.36. The van der Waals surface area contributed by atoms with Gasteiger partial charge in [-0.25, -0.2) is 4.98 Å². The van der Waals surface area contributed by atoms with E-state index in [0.29, 0.717) is 11.7 Å². The van der Waals surface area contributed by atoms with Crippen LogP contribution in [0.2, 0.25) is 0 Å². The molecule has 114 valence electrons. The van der Waals surface area contributed by atoms with E-state index in [-0.39, 0.29) is 24.0 Å². The Hall–Kier alpha value is -1.83. The Morgan fingerprint density at radius 1 is 1.52 bits per heavy atom. The van der Waals surface area contributed by atoms with Gasteiger partial charge in [-0.1, -0.05) is 11.8 Å². The minimum atomic E-state index is -0.923. The molecule has 0 fully saturated rings. The minimum Gasteiger partial charge on any atom is -0.481 e. The summed E-state index contributed by atoms with van der Waals surface area (Å²) in [5.41, 5.74) is -1.07. The summed E-state index contributed by atoms with van der Waals surface area (Å²) < 4.78 is 1.49. The third kappa shape index (κ3) is 3.63. The van der Waals surface area contributed by atoms with E-state index in [2.05, 4.69) is 10.3 Å². The zero-order valence-corrected chi connectivity index (χ0v) is 12.7. The fraction of sp³-hybridized carbons (Fsp3) is 0.538. The van der Waals surface area contributed by atoms with Crippen LogP contribution >= 0.6 is 11.8 Å². The number of nitrogens with one attached hydrogen (secondary N) is 1. The standard InChI is InChI=1S/C13H17N3O4S/c1-13(2,4-3-9(17)18)15-10(19)8-7-14-12-16(11(8)20)5-6-21-12/h7H,3-6H2,1-2H3,(H,15,19)(H,17,18). The van der Waals surface area contributed by atoms with Crippen LogP contribution in [0, 0.1) is 0 Å². The van der Waals surface area contributed by atoms with Crippen LogP contribution in [-0.4, -0.2) is 37.8 Å². The van der Waals surface area contributed by atoms with E-state index >= 15 is 0 Å². The Labute approximate surface area is 125 Å². The fourth-order valence-electron chi connectivity index (χ4n) is 2.03. The van der Waals surface area contributed by atoms with E-state index in [1.165, 1.54) is 22.5 Å². The molecule has 1 aliphatic heterocycles.